The van der Waals surface area contributed by atoms with E-state index in [1.807, 2.05) is 44.2 Å². The van der Waals surface area contributed by atoms with Crippen molar-refractivity contribution in [1.29, 1.82) is 5.41 Å². The van der Waals surface area contributed by atoms with Crippen LogP contribution in [0.4, 0.5) is 11.4 Å². The monoisotopic (exact) mass is 239 g/mol. The molecule has 0 aromatic heterocycles. The summed E-state index contributed by atoms with van der Waals surface area (Å²) in [4.78, 5) is 0. The van der Waals surface area contributed by atoms with Gasteiger partial charge in [0.1, 0.15) is 0 Å². The van der Waals surface area contributed by atoms with Crippen LogP contribution in [0.25, 0.3) is 0 Å². The van der Waals surface area contributed by atoms with E-state index in [4.69, 9.17) is 16.9 Å². The molecule has 0 aliphatic rings. The third-order valence-electron chi connectivity index (χ3n) is 3.12. The quantitative estimate of drug-likeness (QED) is 0.556. The fourth-order valence-electron chi connectivity index (χ4n) is 1.96. The highest BCUT2D eigenvalue weighted by Gasteiger charge is 2.11. The molecule has 0 spiro atoms. The SMILES string of the molecule is Cc1cc(C(=N)c2ccccc2C)c(N)cc1N. The van der Waals surface area contributed by atoms with Crippen molar-refractivity contribution < 1.29 is 0 Å². The lowest BCUT2D eigenvalue weighted by Crippen LogP contribution is -2.08. The molecule has 0 atom stereocenters. The van der Waals surface area contributed by atoms with Crippen LogP contribution in [-0.4, -0.2) is 5.71 Å². The summed E-state index contributed by atoms with van der Waals surface area (Å²) in [5, 5.41) is 8.30. The minimum atomic E-state index is 0.439. The predicted molar refractivity (Wildman–Crippen MR) is 77.1 cm³/mol. The van der Waals surface area contributed by atoms with Crippen molar-refractivity contribution in [3.8, 4) is 0 Å². The van der Waals surface area contributed by atoms with Crippen LogP contribution in [0.15, 0.2) is 36.4 Å². The first-order chi connectivity index (χ1) is 8.50. The molecule has 0 aliphatic heterocycles. The number of benzene rings is 2. The molecule has 0 radical (unpaired) electrons. The highest BCUT2D eigenvalue weighted by atomic mass is 14.6. The van der Waals surface area contributed by atoms with E-state index in [0.717, 1.165) is 22.3 Å². The highest BCUT2D eigenvalue weighted by Crippen LogP contribution is 2.24. The van der Waals surface area contributed by atoms with Crippen molar-refractivity contribution in [2.24, 2.45) is 0 Å². The molecule has 92 valence electrons. The average molecular weight is 239 g/mol. The summed E-state index contributed by atoms with van der Waals surface area (Å²) in [5.74, 6) is 0. The Morgan fingerprint density at radius 1 is 0.889 bits per heavy atom. The van der Waals surface area contributed by atoms with Crippen LogP contribution in [0.3, 0.4) is 0 Å². The summed E-state index contributed by atoms with van der Waals surface area (Å²) in [6.45, 7) is 3.91. The zero-order chi connectivity index (χ0) is 13.3. The summed E-state index contributed by atoms with van der Waals surface area (Å²) < 4.78 is 0. The van der Waals surface area contributed by atoms with Gasteiger partial charge < -0.3 is 11.5 Å². The lowest BCUT2D eigenvalue weighted by Gasteiger charge is -2.12. The molecule has 5 N–H and O–H groups in total. The Kier molecular flexibility index (Phi) is 3.06. The maximum absolute atomic E-state index is 8.30. The summed E-state index contributed by atoms with van der Waals surface area (Å²) >= 11 is 0. The van der Waals surface area contributed by atoms with Crippen LogP contribution in [0.2, 0.25) is 0 Å². The Morgan fingerprint density at radius 2 is 1.56 bits per heavy atom. The number of hydrogen-bond acceptors (Lipinski definition) is 3. The van der Waals surface area contributed by atoms with Crippen LogP contribution in [-0.2, 0) is 0 Å². The molecule has 2 aromatic rings. The minimum absolute atomic E-state index is 0.439. The van der Waals surface area contributed by atoms with Crippen LogP contribution >= 0.6 is 0 Å². The van der Waals surface area contributed by atoms with Crippen LogP contribution in [0.1, 0.15) is 22.3 Å². The first-order valence-electron chi connectivity index (χ1n) is 5.81. The Morgan fingerprint density at radius 3 is 2.22 bits per heavy atom. The Hall–Kier alpha value is -2.29. The lowest BCUT2D eigenvalue weighted by atomic mass is 9.95. The van der Waals surface area contributed by atoms with Gasteiger partial charge in [-0.3, -0.25) is 5.41 Å². The van der Waals surface area contributed by atoms with Crippen molar-refractivity contribution in [3.63, 3.8) is 0 Å². The maximum Gasteiger partial charge on any atom is 0.0708 e. The van der Waals surface area contributed by atoms with Gasteiger partial charge in [0.15, 0.2) is 0 Å². The minimum Gasteiger partial charge on any atom is -0.398 e. The summed E-state index contributed by atoms with van der Waals surface area (Å²) in [6.07, 6.45) is 0. The predicted octanol–water partition coefficient (Wildman–Crippen LogP) is 2.88. The van der Waals surface area contributed by atoms with Crippen LogP contribution < -0.4 is 11.5 Å². The van der Waals surface area contributed by atoms with E-state index in [1.54, 1.807) is 6.07 Å². The topological polar surface area (TPSA) is 75.9 Å². The van der Waals surface area contributed by atoms with E-state index in [0.29, 0.717) is 17.1 Å². The fraction of sp³-hybridized carbons (Fsp3) is 0.133. The Balaban J connectivity index is 2.53. The number of hydrogen-bond donors (Lipinski definition) is 3. The van der Waals surface area contributed by atoms with Crippen molar-refractivity contribution in [3.05, 3.63) is 58.7 Å². The molecule has 3 heteroatoms. The van der Waals surface area contributed by atoms with E-state index < -0.39 is 0 Å². The number of aryl methyl sites for hydroxylation is 2. The molecule has 0 bridgehead atoms. The molecule has 0 fully saturated rings. The lowest BCUT2D eigenvalue weighted by molar-refractivity contribution is 1.38. The van der Waals surface area contributed by atoms with E-state index in [1.165, 1.54) is 0 Å². The summed E-state index contributed by atoms with van der Waals surface area (Å²) in [6, 6.07) is 11.4. The zero-order valence-electron chi connectivity index (χ0n) is 10.6. The molecule has 0 saturated heterocycles. The van der Waals surface area contributed by atoms with Crippen LogP contribution in [0.5, 0.6) is 0 Å². The van der Waals surface area contributed by atoms with Crippen molar-refractivity contribution in [2.45, 2.75) is 13.8 Å². The molecule has 2 aromatic carbocycles. The van der Waals surface area contributed by atoms with Gasteiger partial charge in [-0.1, -0.05) is 24.3 Å². The average Bonchev–Trinajstić information content (AvgIpc) is 2.33. The molecule has 18 heavy (non-hydrogen) atoms. The number of nitrogen functional groups attached to an aromatic ring is 2. The molecule has 3 nitrogen and oxygen atoms in total. The Bertz CT molecular complexity index is 615. The van der Waals surface area contributed by atoms with Gasteiger partial charge in [0.2, 0.25) is 0 Å². The fourth-order valence-corrected chi connectivity index (χ4v) is 1.96. The number of anilines is 2. The maximum atomic E-state index is 8.30. The standard InChI is InChI=1S/C15H17N3/c1-9-5-3-4-6-11(9)15(18)12-7-10(2)13(16)8-14(12)17/h3-8,18H,16-17H2,1-2H3. The first-order valence-corrected chi connectivity index (χ1v) is 5.81. The Labute approximate surface area is 107 Å². The molecule has 0 saturated carbocycles. The van der Waals surface area contributed by atoms with E-state index in [2.05, 4.69) is 0 Å². The molecule has 0 aliphatic carbocycles. The van der Waals surface area contributed by atoms with Gasteiger partial charge in [-0.25, -0.2) is 0 Å². The highest BCUT2D eigenvalue weighted by molar-refractivity contribution is 6.14. The van der Waals surface area contributed by atoms with Gasteiger partial charge in [0, 0.05) is 22.5 Å². The van der Waals surface area contributed by atoms with Gasteiger partial charge in [-0.15, -0.1) is 0 Å². The number of rotatable bonds is 2. The van der Waals surface area contributed by atoms with Crippen molar-refractivity contribution in [2.75, 3.05) is 11.5 Å². The van der Waals surface area contributed by atoms with Crippen molar-refractivity contribution in [1.82, 2.24) is 0 Å². The molecular weight excluding hydrogens is 222 g/mol. The largest absolute Gasteiger partial charge is 0.398 e. The third kappa shape index (κ3) is 2.07. The third-order valence-corrected chi connectivity index (χ3v) is 3.12. The molecule has 2 rings (SSSR count). The molecule has 0 amide bonds. The van der Waals surface area contributed by atoms with Crippen molar-refractivity contribution >= 4 is 17.1 Å². The molecular formula is C15H17N3. The first kappa shape index (κ1) is 12.2. The smallest absolute Gasteiger partial charge is 0.0708 e. The number of nitrogens with one attached hydrogen (secondary N) is 1. The normalized spacial score (nSPS) is 10.3. The molecule has 0 unspecified atom stereocenters. The zero-order valence-corrected chi connectivity index (χ0v) is 10.6. The van der Waals surface area contributed by atoms with Gasteiger partial charge in [-0.05, 0) is 37.1 Å². The second kappa shape index (κ2) is 4.53. The van der Waals surface area contributed by atoms with E-state index in [9.17, 15) is 0 Å². The van der Waals surface area contributed by atoms with E-state index >= 15 is 0 Å². The number of nitrogens with two attached hydrogens (primary N) is 2. The van der Waals surface area contributed by atoms with E-state index in [-0.39, 0.29) is 0 Å². The van der Waals surface area contributed by atoms with Crippen LogP contribution in [0, 0.1) is 19.3 Å². The molecule has 0 heterocycles. The summed E-state index contributed by atoms with van der Waals surface area (Å²) in [5.41, 5.74) is 17.0. The summed E-state index contributed by atoms with van der Waals surface area (Å²) in [7, 11) is 0. The van der Waals surface area contributed by atoms with Gasteiger partial charge in [0.05, 0.1) is 5.71 Å². The second-order valence-corrected chi connectivity index (χ2v) is 4.49. The second-order valence-electron chi connectivity index (χ2n) is 4.49. The van der Waals surface area contributed by atoms with Gasteiger partial charge in [-0.2, -0.15) is 0 Å². The van der Waals surface area contributed by atoms with Gasteiger partial charge >= 0.3 is 0 Å². The van der Waals surface area contributed by atoms with Gasteiger partial charge in [0.25, 0.3) is 0 Å².